The minimum absolute atomic E-state index is 0.00539. The maximum Gasteiger partial charge on any atom is 0.205 e. The lowest BCUT2D eigenvalue weighted by atomic mass is 9.24. The van der Waals surface area contributed by atoms with Gasteiger partial charge in [-0.1, -0.05) is 50.3 Å². The number of Topliss-reactive ketones (excluding diaryl/α,β-unsaturated/α-hetero) is 1. The molecule has 4 fully saturated rings. The molecule has 0 aliphatic heterocycles. The van der Waals surface area contributed by atoms with E-state index in [4.69, 9.17) is 4.74 Å². The van der Waals surface area contributed by atoms with Gasteiger partial charge in [-0.2, -0.15) is 0 Å². The second-order valence-corrected chi connectivity index (χ2v) is 11.7. The van der Waals surface area contributed by atoms with Crippen LogP contribution in [0.5, 0.6) is 0 Å². The molecule has 2 N–H and O–H groups in total. The molecule has 172 valence electrons. The van der Waals surface area contributed by atoms with Crippen LogP contribution in [-0.4, -0.2) is 50.0 Å². The van der Waals surface area contributed by atoms with E-state index in [9.17, 15) is 15.0 Å². The number of ketones is 1. The number of fused-ring (bicyclic) bond motifs is 2. The van der Waals surface area contributed by atoms with Crippen molar-refractivity contribution >= 4 is 5.78 Å². The number of carbonyl (C=O) groups is 1. The lowest BCUT2D eigenvalue weighted by molar-refractivity contribution is -0.405. The predicted octanol–water partition coefficient (Wildman–Crippen LogP) is 2.45. The van der Waals surface area contributed by atoms with Gasteiger partial charge in [-0.3, -0.25) is 4.79 Å². The zero-order valence-corrected chi connectivity index (χ0v) is 19.4. The first-order valence-corrected chi connectivity index (χ1v) is 11.7. The molecule has 1 aromatic heterocycles. The van der Waals surface area contributed by atoms with Gasteiger partial charge in [0.15, 0.2) is 5.78 Å². The summed E-state index contributed by atoms with van der Waals surface area (Å²) in [5, 5.41) is 32.5. The van der Waals surface area contributed by atoms with Crippen molar-refractivity contribution in [1.82, 2.24) is 15.0 Å². The SMILES string of the molecule is C=C1C2C(=O)[C@]34[C@H]2[C@H]1CC[C@H]3[C@]1(C)C=C[C@@H](n2cc(C)nn2)C(C)(C)[C@H]1[C@H](O)[C@@]4(O)OC. The lowest BCUT2D eigenvalue weighted by Crippen LogP contribution is -2.87. The molecule has 10 atom stereocenters. The fourth-order valence-corrected chi connectivity index (χ4v) is 9.26. The standard InChI is InChI=1S/C25H33N3O4/c1-12-11-28(27-26-12)16-9-10-23(5)15-8-7-14-13(2)17-18(14)24(15,20(17)29)25(31,32-6)21(30)19(23)22(16,3)4/h9-11,14-19,21,30-31H,2,7-8H2,1,3-6H3/t14-,15-,16+,17?,18-,19+,21-,23-,24+,25+/m0/s1. The van der Waals surface area contributed by atoms with Gasteiger partial charge in [-0.05, 0) is 48.3 Å². The molecule has 1 aromatic rings. The minimum atomic E-state index is -1.93. The van der Waals surface area contributed by atoms with E-state index in [0.717, 1.165) is 24.1 Å². The molecule has 0 saturated heterocycles. The summed E-state index contributed by atoms with van der Waals surface area (Å²) in [4.78, 5) is 13.7. The first-order chi connectivity index (χ1) is 15.0. The number of hydrogen-bond donors (Lipinski definition) is 2. The van der Waals surface area contributed by atoms with Crippen molar-refractivity contribution in [3.8, 4) is 0 Å². The zero-order chi connectivity index (χ0) is 23.0. The summed E-state index contributed by atoms with van der Waals surface area (Å²) in [7, 11) is 1.43. The van der Waals surface area contributed by atoms with E-state index >= 15 is 0 Å². The van der Waals surface area contributed by atoms with Crippen molar-refractivity contribution in [1.29, 1.82) is 0 Å². The van der Waals surface area contributed by atoms with Crippen LogP contribution in [0.2, 0.25) is 0 Å². The van der Waals surface area contributed by atoms with Gasteiger partial charge >= 0.3 is 0 Å². The fraction of sp³-hybridized carbons (Fsp3) is 0.720. The number of aliphatic hydroxyl groups excluding tert-OH is 1. The molecule has 4 saturated carbocycles. The van der Waals surface area contributed by atoms with E-state index in [1.54, 1.807) is 0 Å². The monoisotopic (exact) mass is 439 g/mol. The summed E-state index contributed by atoms with van der Waals surface area (Å²) in [5.74, 6) is -2.33. The Balaban J connectivity index is 1.55. The number of methoxy groups -OCH3 is 1. The minimum Gasteiger partial charge on any atom is -0.387 e. The van der Waals surface area contributed by atoms with E-state index in [1.165, 1.54) is 7.11 Å². The van der Waals surface area contributed by atoms with Crippen LogP contribution in [-0.2, 0) is 9.53 Å². The smallest absolute Gasteiger partial charge is 0.205 e. The number of nitrogens with zero attached hydrogens (tertiary/aromatic N) is 3. The van der Waals surface area contributed by atoms with Crippen molar-refractivity contribution in [2.24, 2.45) is 45.8 Å². The second kappa shape index (κ2) is 5.80. The van der Waals surface area contributed by atoms with Gasteiger partial charge in [0.05, 0.1) is 17.2 Å². The third-order valence-electron chi connectivity index (χ3n) is 10.4. The van der Waals surface area contributed by atoms with Crippen LogP contribution in [0, 0.1) is 52.8 Å². The quantitative estimate of drug-likeness (QED) is 0.543. The average Bonchev–Trinajstić information content (AvgIpc) is 3.15. The molecule has 5 aliphatic rings. The van der Waals surface area contributed by atoms with Gasteiger partial charge in [0.1, 0.15) is 6.10 Å². The van der Waals surface area contributed by atoms with Gasteiger partial charge in [-0.15, -0.1) is 5.10 Å². The Morgan fingerprint density at radius 3 is 2.62 bits per heavy atom. The molecular weight excluding hydrogens is 406 g/mol. The molecule has 32 heavy (non-hydrogen) atoms. The highest BCUT2D eigenvalue weighted by molar-refractivity contribution is 6.01. The van der Waals surface area contributed by atoms with E-state index < -0.39 is 28.1 Å². The van der Waals surface area contributed by atoms with Crippen LogP contribution in [0.25, 0.3) is 0 Å². The van der Waals surface area contributed by atoms with Gasteiger partial charge in [0, 0.05) is 25.1 Å². The molecule has 6 rings (SSSR count). The first kappa shape index (κ1) is 20.8. The van der Waals surface area contributed by atoms with Gasteiger partial charge < -0.3 is 14.9 Å². The fourth-order valence-electron chi connectivity index (χ4n) is 9.26. The van der Waals surface area contributed by atoms with Crippen LogP contribution >= 0.6 is 0 Å². The zero-order valence-electron chi connectivity index (χ0n) is 19.4. The number of ether oxygens (including phenoxy) is 1. The molecule has 1 spiro atoms. The van der Waals surface area contributed by atoms with Crippen LogP contribution in [0.15, 0.2) is 30.5 Å². The molecule has 0 bridgehead atoms. The highest BCUT2D eigenvalue weighted by Gasteiger charge is 2.88. The number of aliphatic hydroxyl groups is 2. The predicted molar refractivity (Wildman–Crippen MR) is 116 cm³/mol. The molecule has 7 heteroatoms. The molecule has 0 aromatic carbocycles. The summed E-state index contributed by atoms with van der Waals surface area (Å²) in [6.07, 6.45) is 6.80. The summed E-state index contributed by atoms with van der Waals surface area (Å²) in [5.41, 5.74) is -0.205. The summed E-state index contributed by atoms with van der Waals surface area (Å²) >= 11 is 0. The number of carbonyl (C=O) groups excluding carboxylic acids is 1. The number of rotatable bonds is 2. The van der Waals surface area contributed by atoms with Crippen LogP contribution in [0.4, 0.5) is 0 Å². The largest absolute Gasteiger partial charge is 0.387 e. The highest BCUT2D eigenvalue weighted by atomic mass is 16.6. The number of aromatic nitrogens is 3. The van der Waals surface area contributed by atoms with Crippen LogP contribution in [0.3, 0.4) is 0 Å². The molecular formula is C25H33N3O4. The number of allylic oxidation sites excluding steroid dienone is 3. The van der Waals surface area contributed by atoms with Crippen molar-refractivity contribution in [3.05, 3.63) is 36.2 Å². The normalized spacial score (nSPS) is 52.4. The van der Waals surface area contributed by atoms with E-state index in [1.807, 2.05) is 17.8 Å². The van der Waals surface area contributed by atoms with Gasteiger partial charge in [0.2, 0.25) is 5.79 Å². The van der Waals surface area contributed by atoms with Crippen molar-refractivity contribution in [2.75, 3.05) is 7.11 Å². The first-order valence-electron chi connectivity index (χ1n) is 11.7. The number of hydrogen-bond acceptors (Lipinski definition) is 6. The lowest BCUT2D eigenvalue weighted by Gasteiger charge is -2.79. The van der Waals surface area contributed by atoms with Gasteiger partial charge in [-0.25, -0.2) is 4.68 Å². The molecule has 1 heterocycles. The van der Waals surface area contributed by atoms with Crippen LogP contribution in [0.1, 0.15) is 45.3 Å². The second-order valence-electron chi connectivity index (χ2n) is 11.7. The summed E-state index contributed by atoms with van der Waals surface area (Å²) in [6.45, 7) is 12.5. The maximum absolute atomic E-state index is 13.7. The Morgan fingerprint density at radius 2 is 2.00 bits per heavy atom. The van der Waals surface area contributed by atoms with E-state index in [2.05, 4.69) is 49.8 Å². The third kappa shape index (κ3) is 1.84. The molecule has 1 unspecified atom stereocenters. The third-order valence-corrected chi connectivity index (χ3v) is 10.4. The molecule has 0 radical (unpaired) electrons. The van der Waals surface area contributed by atoms with Crippen molar-refractivity contribution in [3.63, 3.8) is 0 Å². The molecule has 0 amide bonds. The topological polar surface area (TPSA) is 97.5 Å². The highest BCUT2D eigenvalue weighted by Crippen LogP contribution is 2.81. The van der Waals surface area contributed by atoms with E-state index in [0.29, 0.717) is 0 Å². The average molecular weight is 440 g/mol. The Hall–Kier alpha value is -1.83. The molecule has 7 nitrogen and oxygen atoms in total. The van der Waals surface area contributed by atoms with E-state index in [-0.39, 0.29) is 41.4 Å². The summed E-state index contributed by atoms with van der Waals surface area (Å²) < 4.78 is 7.63. The maximum atomic E-state index is 13.7. The van der Waals surface area contributed by atoms with Gasteiger partial charge in [0.25, 0.3) is 0 Å². The molecule has 5 aliphatic carbocycles. The Morgan fingerprint density at radius 1 is 1.28 bits per heavy atom. The Labute approximate surface area is 188 Å². The Kier molecular flexibility index (Phi) is 3.76. The van der Waals surface area contributed by atoms with Crippen LogP contribution < -0.4 is 0 Å². The van der Waals surface area contributed by atoms with Crippen molar-refractivity contribution < 1.29 is 19.7 Å². The van der Waals surface area contributed by atoms with Crippen molar-refractivity contribution in [2.45, 2.75) is 58.5 Å². The Bertz CT molecular complexity index is 1080. The summed E-state index contributed by atoms with van der Waals surface area (Å²) in [6, 6.07) is -0.142. The number of aryl methyl sites for hydroxylation is 1.